The lowest BCUT2D eigenvalue weighted by Gasteiger charge is -2.04. The van der Waals surface area contributed by atoms with E-state index < -0.39 is 0 Å². The number of ether oxygens (including phenoxy) is 1. The van der Waals surface area contributed by atoms with Crippen LogP contribution in [-0.4, -0.2) is 40.1 Å². The number of hydrogen-bond acceptors (Lipinski definition) is 6. The summed E-state index contributed by atoms with van der Waals surface area (Å²) in [6.45, 7) is 1.56. The summed E-state index contributed by atoms with van der Waals surface area (Å²) in [6.07, 6.45) is 3.95. The molecule has 1 aromatic heterocycles. The Hall–Kier alpha value is -2.61. The molecule has 1 aliphatic heterocycles. The van der Waals surface area contributed by atoms with E-state index in [1.807, 2.05) is 30.5 Å². The molecule has 7 nitrogen and oxygen atoms in total. The first-order valence-electron chi connectivity index (χ1n) is 7.41. The third-order valence-corrected chi connectivity index (χ3v) is 4.57. The van der Waals surface area contributed by atoms with Gasteiger partial charge in [-0.3, -0.25) is 9.59 Å². The molecule has 1 amide bonds. The van der Waals surface area contributed by atoms with Gasteiger partial charge in [0.25, 0.3) is 0 Å². The van der Waals surface area contributed by atoms with Gasteiger partial charge in [-0.05, 0) is 6.07 Å². The molecule has 24 heavy (non-hydrogen) atoms. The average Bonchev–Trinajstić information content (AvgIpc) is 3.12. The van der Waals surface area contributed by atoms with Crippen LogP contribution in [0.2, 0.25) is 0 Å². The molecule has 1 saturated heterocycles. The van der Waals surface area contributed by atoms with Gasteiger partial charge in [-0.1, -0.05) is 30.0 Å². The van der Waals surface area contributed by atoms with E-state index in [9.17, 15) is 9.59 Å². The number of thioether (sulfide) groups is 1. The van der Waals surface area contributed by atoms with Crippen molar-refractivity contribution < 1.29 is 14.3 Å². The quantitative estimate of drug-likeness (QED) is 0.493. The summed E-state index contributed by atoms with van der Waals surface area (Å²) in [6, 6.07) is 7.90. The van der Waals surface area contributed by atoms with Gasteiger partial charge in [0.15, 0.2) is 5.17 Å². The van der Waals surface area contributed by atoms with Crippen LogP contribution < -0.4 is 5.32 Å². The number of esters is 1. The van der Waals surface area contributed by atoms with Crippen molar-refractivity contribution in [3.63, 3.8) is 0 Å². The molecule has 1 atom stereocenters. The van der Waals surface area contributed by atoms with Crippen LogP contribution in [0.3, 0.4) is 0 Å². The second-order valence-corrected chi connectivity index (χ2v) is 6.36. The highest BCUT2D eigenvalue weighted by Crippen LogP contribution is 2.22. The molecule has 2 N–H and O–H groups in total. The van der Waals surface area contributed by atoms with E-state index in [2.05, 4.69) is 20.5 Å². The maximum atomic E-state index is 11.8. The molecule has 2 aromatic rings. The van der Waals surface area contributed by atoms with E-state index in [4.69, 9.17) is 4.74 Å². The average molecular weight is 344 g/mol. The third kappa shape index (κ3) is 3.83. The molecule has 1 aliphatic rings. The molecule has 2 heterocycles. The van der Waals surface area contributed by atoms with Crippen molar-refractivity contribution in [2.45, 2.75) is 18.6 Å². The molecule has 1 fully saturated rings. The van der Waals surface area contributed by atoms with Crippen molar-refractivity contribution in [3.8, 4) is 0 Å². The number of carbonyl (C=O) groups is 2. The van der Waals surface area contributed by atoms with Gasteiger partial charge < -0.3 is 15.0 Å². The number of H-pyrrole nitrogens is 1. The second kappa shape index (κ2) is 7.31. The highest BCUT2D eigenvalue weighted by Gasteiger charge is 2.30. The van der Waals surface area contributed by atoms with Crippen LogP contribution in [0.25, 0.3) is 10.9 Å². The number of fused-ring (bicyclic) bond motifs is 1. The number of benzene rings is 1. The largest absolute Gasteiger partial charge is 0.466 e. The maximum Gasteiger partial charge on any atom is 0.302 e. The number of hydrogen-bond donors (Lipinski definition) is 2. The van der Waals surface area contributed by atoms with Gasteiger partial charge in [0.1, 0.15) is 0 Å². The van der Waals surface area contributed by atoms with E-state index in [-0.39, 0.29) is 23.7 Å². The zero-order chi connectivity index (χ0) is 16.9. The van der Waals surface area contributed by atoms with Crippen LogP contribution >= 0.6 is 11.8 Å². The predicted octanol–water partition coefficient (Wildman–Crippen LogP) is 2.04. The molecule has 0 saturated carbocycles. The molecular weight excluding hydrogens is 328 g/mol. The molecule has 1 aromatic carbocycles. The number of aromatic nitrogens is 1. The Morgan fingerprint density at radius 2 is 2.25 bits per heavy atom. The molecule has 0 radical (unpaired) electrons. The van der Waals surface area contributed by atoms with Crippen molar-refractivity contribution in [2.24, 2.45) is 10.2 Å². The first kappa shape index (κ1) is 16.3. The van der Waals surface area contributed by atoms with Gasteiger partial charge in [0.2, 0.25) is 5.91 Å². The van der Waals surface area contributed by atoms with E-state index in [1.54, 1.807) is 6.21 Å². The zero-order valence-electron chi connectivity index (χ0n) is 13.0. The van der Waals surface area contributed by atoms with Crippen molar-refractivity contribution in [3.05, 3.63) is 36.0 Å². The fraction of sp³-hybridized carbons (Fsp3) is 0.250. The Balaban J connectivity index is 1.61. The van der Waals surface area contributed by atoms with Gasteiger partial charge in [-0.15, -0.1) is 5.10 Å². The number of para-hydroxylation sites is 1. The molecule has 1 unspecified atom stereocenters. The Bertz CT molecular complexity index is 828. The van der Waals surface area contributed by atoms with Crippen molar-refractivity contribution in [1.82, 2.24) is 10.3 Å². The van der Waals surface area contributed by atoms with E-state index in [0.29, 0.717) is 11.6 Å². The molecule has 0 spiro atoms. The van der Waals surface area contributed by atoms with Gasteiger partial charge in [-0.2, -0.15) is 5.10 Å². The molecule has 3 rings (SSSR count). The van der Waals surface area contributed by atoms with Crippen LogP contribution in [0.1, 0.15) is 18.9 Å². The Morgan fingerprint density at radius 3 is 3.08 bits per heavy atom. The van der Waals surface area contributed by atoms with Gasteiger partial charge in [0, 0.05) is 36.0 Å². The van der Waals surface area contributed by atoms with Crippen LogP contribution in [0.4, 0.5) is 0 Å². The highest BCUT2D eigenvalue weighted by molar-refractivity contribution is 8.15. The lowest BCUT2D eigenvalue weighted by atomic mass is 10.2. The number of amidine groups is 1. The zero-order valence-corrected chi connectivity index (χ0v) is 13.8. The third-order valence-electron chi connectivity index (χ3n) is 3.43. The number of nitrogens with zero attached hydrogens (tertiary/aromatic N) is 2. The standard InChI is InChI=1S/C16H16N4O3S/c1-10(21)23-7-6-14-15(22)19-16(24-14)20-18-9-11-8-17-13-5-3-2-4-12(11)13/h2-5,8-9,14,17H,6-7H2,1H3,(H,19,20,22)/b18-9+. The minimum atomic E-state index is -0.351. The predicted molar refractivity (Wildman–Crippen MR) is 94.1 cm³/mol. The van der Waals surface area contributed by atoms with E-state index >= 15 is 0 Å². The van der Waals surface area contributed by atoms with Crippen LogP contribution in [0, 0.1) is 0 Å². The number of aromatic amines is 1. The molecular formula is C16H16N4O3S. The van der Waals surface area contributed by atoms with Crippen LogP contribution in [0.15, 0.2) is 40.7 Å². The summed E-state index contributed by atoms with van der Waals surface area (Å²) >= 11 is 1.29. The minimum absolute atomic E-state index is 0.145. The van der Waals surface area contributed by atoms with Crippen molar-refractivity contribution in [1.29, 1.82) is 0 Å². The molecule has 0 bridgehead atoms. The fourth-order valence-electron chi connectivity index (χ4n) is 2.30. The number of nitrogens with one attached hydrogen (secondary N) is 2. The number of carbonyl (C=O) groups excluding carboxylic acids is 2. The second-order valence-electron chi connectivity index (χ2n) is 5.16. The van der Waals surface area contributed by atoms with Crippen LogP contribution in [0.5, 0.6) is 0 Å². The van der Waals surface area contributed by atoms with Crippen molar-refractivity contribution >= 4 is 45.9 Å². The van der Waals surface area contributed by atoms with Gasteiger partial charge >= 0.3 is 5.97 Å². The topological polar surface area (TPSA) is 95.9 Å². The van der Waals surface area contributed by atoms with Crippen LogP contribution in [-0.2, 0) is 14.3 Å². The Kier molecular flexibility index (Phi) is 4.95. The minimum Gasteiger partial charge on any atom is -0.466 e. The lowest BCUT2D eigenvalue weighted by molar-refractivity contribution is -0.141. The Morgan fingerprint density at radius 1 is 1.42 bits per heavy atom. The summed E-state index contributed by atoms with van der Waals surface area (Å²) < 4.78 is 4.85. The number of amides is 1. The normalized spacial score (nSPS) is 19.3. The Labute approximate surface area is 142 Å². The van der Waals surface area contributed by atoms with E-state index in [0.717, 1.165) is 16.5 Å². The molecule has 8 heteroatoms. The highest BCUT2D eigenvalue weighted by atomic mass is 32.2. The SMILES string of the molecule is CC(=O)OCCC1S/C(=N\N=C\c2c[nH]c3ccccc23)NC1=O. The first-order valence-corrected chi connectivity index (χ1v) is 8.29. The molecule has 124 valence electrons. The van der Waals surface area contributed by atoms with Gasteiger partial charge in [-0.25, -0.2) is 0 Å². The van der Waals surface area contributed by atoms with E-state index in [1.165, 1.54) is 18.7 Å². The van der Waals surface area contributed by atoms with Gasteiger partial charge in [0.05, 0.1) is 18.1 Å². The number of rotatable bonds is 5. The fourth-order valence-corrected chi connectivity index (χ4v) is 3.20. The maximum absolute atomic E-state index is 11.8. The summed E-state index contributed by atoms with van der Waals surface area (Å²) in [4.78, 5) is 25.7. The lowest BCUT2D eigenvalue weighted by Crippen LogP contribution is -2.25. The summed E-state index contributed by atoms with van der Waals surface area (Å²) in [7, 11) is 0. The van der Waals surface area contributed by atoms with Crippen molar-refractivity contribution in [2.75, 3.05) is 6.61 Å². The first-order chi connectivity index (χ1) is 11.6. The summed E-state index contributed by atoms with van der Waals surface area (Å²) in [5.74, 6) is -0.496. The molecule has 0 aliphatic carbocycles. The summed E-state index contributed by atoms with van der Waals surface area (Å²) in [5.41, 5.74) is 1.95. The monoisotopic (exact) mass is 344 g/mol. The smallest absolute Gasteiger partial charge is 0.302 e. The summed E-state index contributed by atoms with van der Waals surface area (Å²) in [5, 5.41) is 12.0.